The van der Waals surface area contributed by atoms with E-state index in [0.29, 0.717) is 30.9 Å². The van der Waals surface area contributed by atoms with Gasteiger partial charge in [-0.05, 0) is 37.2 Å². The van der Waals surface area contributed by atoms with Gasteiger partial charge in [-0.25, -0.2) is 18.7 Å². The summed E-state index contributed by atoms with van der Waals surface area (Å²) in [4.78, 5) is 25.4. The maximum atomic E-state index is 13.7. The monoisotopic (exact) mass is 416 g/mol. The van der Waals surface area contributed by atoms with E-state index in [1.54, 1.807) is 6.20 Å². The minimum absolute atomic E-state index is 0.123. The highest BCUT2D eigenvalue weighted by Crippen LogP contribution is 2.26. The number of nitrogens with zero attached hydrogens (tertiary/aromatic N) is 4. The van der Waals surface area contributed by atoms with Gasteiger partial charge in [0.1, 0.15) is 11.6 Å². The first-order valence-corrected chi connectivity index (χ1v) is 10.2. The van der Waals surface area contributed by atoms with Gasteiger partial charge >= 0.3 is 0 Å². The van der Waals surface area contributed by atoms with E-state index in [4.69, 9.17) is 0 Å². The molecule has 9 heteroatoms. The number of likely N-dealkylation sites (N-methyl/N-ethyl adjacent to an activating group) is 1. The Balaban J connectivity index is 1.45. The Morgan fingerprint density at radius 1 is 1.17 bits per heavy atom. The molecule has 30 heavy (non-hydrogen) atoms. The Morgan fingerprint density at radius 3 is 2.63 bits per heavy atom. The maximum Gasteiger partial charge on any atom is 0.225 e. The van der Waals surface area contributed by atoms with Crippen LogP contribution in [0.5, 0.6) is 0 Å². The topological polar surface area (TPSA) is 73.4 Å². The summed E-state index contributed by atoms with van der Waals surface area (Å²) in [6, 6.07) is 4.55. The number of hydrogen-bond acceptors (Lipinski definition) is 6. The molecule has 3 heterocycles. The van der Waals surface area contributed by atoms with E-state index in [9.17, 15) is 13.6 Å². The number of carbonyl (C=O) groups is 1. The summed E-state index contributed by atoms with van der Waals surface area (Å²) >= 11 is 0. The lowest BCUT2D eigenvalue weighted by Crippen LogP contribution is -2.48. The van der Waals surface area contributed by atoms with E-state index in [0.717, 1.165) is 37.9 Å². The number of carbonyl (C=O) groups excluding carboxylic acids is 1. The molecule has 2 fully saturated rings. The fourth-order valence-corrected chi connectivity index (χ4v) is 3.97. The van der Waals surface area contributed by atoms with Crippen molar-refractivity contribution < 1.29 is 13.6 Å². The van der Waals surface area contributed by atoms with E-state index in [2.05, 4.69) is 37.4 Å². The van der Waals surface area contributed by atoms with Gasteiger partial charge in [0.15, 0.2) is 0 Å². The predicted molar refractivity (Wildman–Crippen MR) is 109 cm³/mol. The summed E-state index contributed by atoms with van der Waals surface area (Å²) in [5.74, 6) is -0.724. The molecule has 1 aromatic carbocycles. The third-order valence-electron chi connectivity index (χ3n) is 5.68. The Bertz CT molecular complexity index is 883. The number of nitrogens with one attached hydrogen (secondary N) is 2. The fourth-order valence-electron chi connectivity index (χ4n) is 3.97. The van der Waals surface area contributed by atoms with Crippen LogP contribution in [-0.4, -0.2) is 60.0 Å². The molecule has 0 saturated carbocycles. The normalized spacial score (nSPS) is 22.8. The number of rotatable bonds is 5. The van der Waals surface area contributed by atoms with Crippen molar-refractivity contribution in [3.8, 4) is 0 Å². The summed E-state index contributed by atoms with van der Waals surface area (Å²) in [5.41, 5.74) is 1.25. The number of aromatic nitrogens is 2. The summed E-state index contributed by atoms with van der Waals surface area (Å²) in [5, 5.41) is 6.27. The smallest absolute Gasteiger partial charge is 0.225 e. The zero-order valence-electron chi connectivity index (χ0n) is 16.9. The van der Waals surface area contributed by atoms with Crippen LogP contribution in [0.15, 0.2) is 30.5 Å². The van der Waals surface area contributed by atoms with Crippen LogP contribution >= 0.6 is 0 Å². The van der Waals surface area contributed by atoms with Crippen LogP contribution in [0, 0.1) is 11.6 Å². The first kappa shape index (κ1) is 20.6. The second-order valence-corrected chi connectivity index (χ2v) is 7.91. The molecule has 2 atom stereocenters. The zero-order valence-corrected chi connectivity index (χ0v) is 16.9. The van der Waals surface area contributed by atoms with Gasteiger partial charge < -0.3 is 20.4 Å². The van der Waals surface area contributed by atoms with Gasteiger partial charge in [0, 0.05) is 57.4 Å². The van der Waals surface area contributed by atoms with E-state index in [-0.39, 0.29) is 11.9 Å². The van der Waals surface area contributed by atoms with Crippen molar-refractivity contribution >= 4 is 11.9 Å². The average Bonchev–Trinajstić information content (AvgIpc) is 2.73. The third-order valence-corrected chi connectivity index (χ3v) is 5.68. The number of piperazine rings is 1. The number of hydrogen-bond donors (Lipinski definition) is 2. The molecule has 2 saturated heterocycles. The van der Waals surface area contributed by atoms with Gasteiger partial charge in [-0.2, -0.15) is 0 Å². The van der Waals surface area contributed by atoms with Crippen molar-refractivity contribution in [3.05, 3.63) is 53.4 Å². The van der Waals surface area contributed by atoms with Crippen LogP contribution in [0.4, 0.5) is 14.7 Å². The maximum absolute atomic E-state index is 13.7. The first-order valence-electron chi connectivity index (χ1n) is 10.2. The predicted octanol–water partition coefficient (Wildman–Crippen LogP) is 1.62. The molecule has 2 aliphatic rings. The SMILES string of the molecule is CN1CCN(c2nccc(CN[C@@H]3CCC(=O)N[C@H]3c3cc(F)cc(F)c3)n2)CC1. The molecule has 0 unspecified atom stereocenters. The summed E-state index contributed by atoms with van der Waals surface area (Å²) in [6.07, 6.45) is 2.69. The Morgan fingerprint density at radius 2 is 1.90 bits per heavy atom. The molecule has 2 aromatic rings. The molecule has 2 aliphatic heterocycles. The molecule has 0 spiro atoms. The van der Waals surface area contributed by atoms with E-state index < -0.39 is 17.7 Å². The van der Waals surface area contributed by atoms with Crippen LogP contribution in [0.3, 0.4) is 0 Å². The van der Waals surface area contributed by atoms with Gasteiger partial charge in [-0.3, -0.25) is 4.79 Å². The van der Waals surface area contributed by atoms with Gasteiger partial charge in [0.05, 0.1) is 11.7 Å². The molecule has 0 bridgehead atoms. The van der Waals surface area contributed by atoms with Crippen molar-refractivity contribution in [2.75, 3.05) is 38.1 Å². The minimum atomic E-state index is -0.656. The van der Waals surface area contributed by atoms with Crippen molar-refractivity contribution in [1.29, 1.82) is 0 Å². The van der Waals surface area contributed by atoms with Crippen molar-refractivity contribution in [2.45, 2.75) is 31.5 Å². The standard InChI is InChI=1S/C21H26F2N6O/c1-28-6-8-29(9-7-28)21-24-5-4-17(26-21)13-25-18-2-3-19(30)27-20(18)14-10-15(22)12-16(23)11-14/h4-5,10-12,18,20,25H,2-3,6-9,13H2,1H3,(H,27,30)/t18-,20+/m1/s1. The largest absolute Gasteiger partial charge is 0.348 e. The molecule has 0 aliphatic carbocycles. The number of piperidine rings is 1. The number of benzene rings is 1. The summed E-state index contributed by atoms with van der Waals surface area (Å²) < 4.78 is 27.4. The van der Waals surface area contributed by atoms with Crippen LogP contribution in [0.2, 0.25) is 0 Å². The van der Waals surface area contributed by atoms with Crippen molar-refractivity contribution in [3.63, 3.8) is 0 Å². The molecular formula is C21H26F2N6O. The Labute approximate surface area is 174 Å². The highest BCUT2D eigenvalue weighted by molar-refractivity contribution is 5.77. The lowest BCUT2D eigenvalue weighted by Gasteiger charge is -2.34. The number of anilines is 1. The molecule has 2 N–H and O–H groups in total. The van der Waals surface area contributed by atoms with Crippen molar-refractivity contribution in [1.82, 2.24) is 25.5 Å². The van der Waals surface area contributed by atoms with E-state index in [1.165, 1.54) is 12.1 Å². The van der Waals surface area contributed by atoms with Crippen molar-refractivity contribution in [2.24, 2.45) is 0 Å². The average molecular weight is 416 g/mol. The molecular weight excluding hydrogens is 390 g/mol. The summed E-state index contributed by atoms with van der Waals surface area (Å²) in [7, 11) is 2.10. The quantitative estimate of drug-likeness (QED) is 0.772. The zero-order chi connectivity index (χ0) is 21.1. The molecule has 7 nitrogen and oxygen atoms in total. The second kappa shape index (κ2) is 9.01. The molecule has 4 rings (SSSR count). The van der Waals surface area contributed by atoms with Gasteiger partial charge in [0.2, 0.25) is 11.9 Å². The Kier molecular flexibility index (Phi) is 6.19. The summed E-state index contributed by atoms with van der Waals surface area (Å²) in [6.45, 7) is 4.18. The first-order chi connectivity index (χ1) is 14.5. The van der Waals surface area contributed by atoms with Gasteiger partial charge in [0.25, 0.3) is 0 Å². The third kappa shape index (κ3) is 4.91. The van der Waals surface area contributed by atoms with Gasteiger partial charge in [-0.15, -0.1) is 0 Å². The lowest BCUT2D eigenvalue weighted by atomic mass is 9.91. The lowest BCUT2D eigenvalue weighted by molar-refractivity contribution is -0.123. The van der Waals surface area contributed by atoms with E-state index >= 15 is 0 Å². The number of amides is 1. The van der Waals surface area contributed by atoms with Gasteiger partial charge in [-0.1, -0.05) is 0 Å². The van der Waals surface area contributed by atoms with Crippen LogP contribution in [0.1, 0.15) is 30.1 Å². The second-order valence-electron chi connectivity index (χ2n) is 7.91. The highest BCUT2D eigenvalue weighted by Gasteiger charge is 2.30. The van der Waals surface area contributed by atoms with Crippen LogP contribution in [0.25, 0.3) is 0 Å². The highest BCUT2D eigenvalue weighted by atomic mass is 19.1. The van der Waals surface area contributed by atoms with Crippen LogP contribution in [-0.2, 0) is 11.3 Å². The fraction of sp³-hybridized carbons (Fsp3) is 0.476. The van der Waals surface area contributed by atoms with E-state index in [1.807, 2.05) is 6.07 Å². The molecule has 160 valence electrons. The number of halogens is 2. The van der Waals surface area contributed by atoms with Crippen LogP contribution < -0.4 is 15.5 Å². The molecule has 1 aromatic heterocycles. The molecule has 0 radical (unpaired) electrons. The minimum Gasteiger partial charge on any atom is -0.348 e. The Hall–Kier alpha value is -2.65. The molecule has 1 amide bonds.